The molecule has 19 heavy (non-hydrogen) atoms. The van der Waals surface area contributed by atoms with Gasteiger partial charge in [0, 0.05) is 38.2 Å². The zero-order valence-electron chi connectivity index (χ0n) is 11.7. The number of Topliss-reactive ketones (excluding diaryl/α,β-unsaturated/α-hetero) is 1. The summed E-state index contributed by atoms with van der Waals surface area (Å²) in [5.74, 6) is 0.235. The summed E-state index contributed by atoms with van der Waals surface area (Å²) in [6, 6.07) is 9.56. The summed E-state index contributed by atoms with van der Waals surface area (Å²) in [6.45, 7) is 5.84. The zero-order chi connectivity index (χ0) is 13.5. The maximum absolute atomic E-state index is 12.1. The highest BCUT2D eigenvalue weighted by molar-refractivity contribution is 5.96. The normalized spacial score (nSPS) is 21.0. The quantitative estimate of drug-likeness (QED) is 0.763. The van der Waals surface area contributed by atoms with E-state index in [1.807, 2.05) is 30.3 Å². The topological polar surface area (TPSA) is 29.5 Å². The van der Waals surface area contributed by atoms with Gasteiger partial charge in [-0.2, -0.15) is 0 Å². The molecule has 0 amide bonds. The first-order valence-corrected chi connectivity index (χ1v) is 7.22. The van der Waals surface area contributed by atoms with Crippen LogP contribution in [0.1, 0.15) is 36.5 Å². The van der Waals surface area contributed by atoms with Gasteiger partial charge in [0.25, 0.3) is 0 Å². The second-order valence-corrected chi connectivity index (χ2v) is 5.09. The van der Waals surface area contributed by atoms with Crippen LogP contribution >= 0.6 is 0 Å². The average Bonchev–Trinajstić information content (AvgIpc) is 2.70. The summed E-state index contributed by atoms with van der Waals surface area (Å²) >= 11 is 0. The van der Waals surface area contributed by atoms with E-state index >= 15 is 0 Å². The third kappa shape index (κ3) is 4.44. The summed E-state index contributed by atoms with van der Waals surface area (Å²) in [6.07, 6.45) is 3.04. The molecule has 3 heteroatoms. The van der Waals surface area contributed by atoms with E-state index < -0.39 is 0 Å². The average molecular weight is 261 g/mol. The summed E-state index contributed by atoms with van der Waals surface area (Å²) in [4.78, 5) is 14.4. The lowest BCUT2D eigenvalue weighted by atomic mass is 10.1. The minimum absolute atomic E-state index is 0.235. The van der Waals surface area contributed by atoms with Gasteiger partial charge in [0.05, 0.1) is 6.10 Å². The maximum atomic E-state index is 12.1. The van der Waals surface area contributed by atoms with Crippen molar-refractivity contribution in [2.75, 3.05) is 26.2 Å². The smallest absolute Gasteiger partial charge is 0.164 e. The Morgan fingerprint density at radius 3 is 2.89 bits per heavy atom. The Kier molecular flexibility index (Phi) is 5.55. The molecule has 0 aliphatic carbocycles. The molecule has 1 unspecified atom stereocenters. The number of ether oxygens (including phenoxy) is 1. The zero-order valence-corrected chi connectivity index (χ0v) is 11.7. The van der Waals surface area contributed by atoms with Crippen molar-refractivity contribution in [3.8, 4) is 0 Å². The van der Waals surface area contributed by atoms with Gasteiger partial charge in [0.15, 0.2) is 5.78 Å². The summed E-state index contributed by atoms with van der Waals surface area (Å²) in [5.41, 5.74) is 0.820. The van der Waals surface area contributed by atoms with Crippen LogP contribution in [0.2, 0.25) is 0 Å². The van der Waals surface area contributed by atoms with E-state index in [-0.39, 0.29) is 5.78 Å². The number of rotatable bonds is 5. The van der Waals surface area contributed by atoms with Crippen molar-refractivity contribution in [2.24, 2.45) is 0 Å². The highest BCUT2D eigenvalue weighted by Crippen LogP contribution is 2.10. The van der Waals surface area contributed by atoms with Crippen LogP contribution in [0.4, 0.5) is 0 Å². The maximum Gasteiger partial charge on any atom is 0.164 e. The van der Waals surface area contributed by atoms with E-state index in [1.165, 1.54) is 0 Å². The molecule has 1 saturated heterocycles. The van der Waals surface area contributed by atoms with Crippen LogP contribution in [-0.4, -0.2) is 43.0 Å². The molecule has 2 rings (SSSR count). The lowest BCUT2D eigenvalue weighted by Gasteiger charge is -2.22. The predicted molar refractivity (Wildman–Crippen MR) is 76.5 cm³/mol. The fraction of sp³-hybridized carbons (Fsp3) is 0.562. The molecule has 1 aromatic carbocycles. The van der Waals surface area contributed by atoms with Crippen molar-refractivity contribution >= 4 is 5.78 Å². The van der Waals surface area contributed by atoms with Crippen molar-refractivity contribution in [2.45, 2.75) is 32.3 Å². The number of nitrogens with zero attached hydrogens (tertiary/aromatic N) is 1. The molecule has 0 aromatic heterocycles. The molecule has 3 nitrogen and oxygen atoms in total. The van der Waals surface area contributed by atoms with Gasteiger partial charge in [-0.05, 0) is 12.8 Å². The minimum atomic E-state index is 0.235. The molecule has 0 bridgehead atoms. The van der Waals surface area contributed by atoms with Crippen LogP contribution in [0.25, 0.3) is 0 Å². The molecule has 1 aliphatic rings. The minimum Gasteiger partial charge on any atom is -0.377 e. The van der Waals surface area contributed by atoms with Gasteiger partial charge >= 0.3 is 0 Å². The van der Waals surface area contributed by atoms with Crippen LogP contribution in [0.5, 0.6) is 0 Å². The van der Waals surface area contributed by atoms with Crippen molar-refractivity contribution in [1.82, 2.24) is 4.90 Å². The first-order valence-electron chi connectivity index (χ1n) is 7.22. The van der Waals surface area contributed by atoms with Crippen molar-refractivity contribution < 1.29 is 9.53 Å². The monoisotopic (exact) mass is 261 g/mol. The summed E-state index contributed by atoms with van der Waals surface area (Å²) in [7, 11) is 0. The van der Waals surface area contributed by atoms with Gasteiger partial charge in [-0.1, -0.05) is 37.3 Å². The Labute approximate surface area is 115 Å². The SMILES string of the molecule is CCC1CN(CCC(=O)c2ccccc2)CCCO1. The van der Waals surface area contributed by atoms with Crippen LogP contribution in [0.15, 0.2) is 30.3 Å². The van der Waals surface area contributed by atoms with Gasteiger partial charge < -0.3 is 9.64 Å². The van der Waals surface area contributed by atoms with Crippen molar-refractivity contribution in [1.29, 1.82) is 0 Å². The van der Waals surface area contributed by atoms with Crippen LogP contribution in [0, 0.1) is 0 Å². The van der Waals surface area contributed by atoms with E-state index in [0.717, 1.165) is 44.6 Å². The fourth-order valence-corrected chi connectivity index (χ4v) is 2.45. The van der Waals surface area contributed by atoms with Crippen LogP contribution < -0.4 is 0 Å². The predicted octanol–water partition coefficient (Wildman–Crippen LogP) is 2.76. The van der Waals surface area contributed by atoms with Gasteiger partial charge in [0.1, 0.15) is 0 Å². The Morgan fingerprint density at radius 2 is 2.16 bits per heavy atom. The molecule has 104 valence electrons. The molecule has 1 atom stereocenters. The first-order chi connectivity index (χ1) is 9.29. The molecular weight excluding hydrogens is 238 g/mol. The molecule has 0 spiro atoms. The molecule has 0 N–H and O–H groups in total. The van der Waals surface area contributed by atoms with E-state index in [1.54, 1.807) is 0 Å². The van der Waals surface area contributed by atoms with Gasteiger partial charge in [-0.3, -0.25) is 4.79 Å². The number of benzene rings is 1. The lowest BCUT2D eigenvalue weighted by molar-refractivity contribution is 0.0515. The number of carbonyl (C=O) groups is 1. The number of ketones is 1. The second-order valence-electron chi connectivity index (χ2n) is 5.09. The molecule has 1 aliphatic heterocycles. The third-order valence-electron chi connectivity index (χ3n) is 3.64. The molecule has 0 radical (unpaired) electrons. The van der Waals surface area contributed by atoms with E-state index in [4.69, 9.17) is 4.74 Å². The second kappa shape index (κ2) is 7.41. The Bertz CT molecular complexity index is 391. The van der Waals surface area contributed by atoms with Crippen LogP contribution in [0.3, 0.4) is 0 Å². The van der Waals surface area contributed by atoms with E-state index in [9.17, 15) is 4.79 Å². The third-order valence-corrected chi connectivity index (χ3v) is 3.64. The highest BCUT2D eigenvalue weighted by atomic mass is 16.5. The molecule has 1 fully saturated rings. The van der Waals surface area contributed by atoms with Gasteiger partial charge in [0.2, 0.25) is 0 Å². The first kappa shape index (κ1) is 14.2. The Hall–Kier alpha value is -1.19. The molecule has 1 heterocycles. The van der Waals surface area contributed by atoms with Crippen molar-refractivity contribution in [3.63, 3.8) is 0 Å². The summed E-state index contributed by atoms with van der Waals surface area (Å²) < 4.78 is 5.75. The van der Waals surface area contributed by atoms with Crippen LogP contribution in [-0.2, 0) is 4.74 Å². The highest BCUT2D eigenvalue weighted by Gasteiger charge is 2.17. The summed E-state index contributed by atoms with van der Waals surface area (Å²) in [5, 5.41) is 0. The lowest BCUT2D eigenvalue weighted by Crippen LogP contribution is -2.33. The Morgan fingerprint density at radius 1 is 1.37 bits per heavy atom. The van der Waals surface area contributed by atoms with Crippen molar-refractivity contribution in [3.05, 3.63) is 35.9 Å². The van der Waals surface area contributed by atoms with E-state index in [0.29, 0.717) is 12.5 Å². The molecule has 1 aromatic rings. The Balaban J connectivity index is 1.82. The van der Waals surface area contributed by atoms with Gasteiger partial charge in [-0.15, -0.1) is 0 Å². The molecular formula is C16H23NO2. The fourth-order valence-electron chi connectivity index (χ4n) is 2.45. The molecule has 0 saturated carbocycles. The number of hydrogen-bond acceptors (Lipinski definition) is 3. The largest absolute Gasteiger partial charge is 0.377 e. The van der Waals surface area contributed by atoms with Gasteiger partial charge in [-0.25, -0.2) is 0 Å². The van der Waals surface area contributed by atoms with E-state index in [2.05, 4.69) is 11.8 Å². The number of hydrogen-bond donors (Lipinski definition) is 0. The standard InChI is InChI=1S/C16H23NO2/c1-2-15-13-17(10-6-12-19-15)11-9-16(18)14-7-4-3-5-8-14/h3-5,7-8,15H,2,6,9-13H2,1H3. The number of carbonyl (C=O) groups excluding carboxylic acids is 1.